The first-order valence-electron chi connectivity index (χ1n) is 11.9. The van der Waals surface area contributed by atoms with Gasteiger partial charge in [0.15, 0.2) is 0 Å². The number of carbonyl (C=O) groups is 1. The number of amides is 1. The predicted octanol–water partition coefficient (Wildman–Crippen LogP) is 4.43. The lowest BCUT2D eigenvalue weighted by Crippen LogP contribution is -2.42. The summed E-state index contributed by atoms with van der Waals surface area (Å²) in [5.74, 6) is 0.925. The molecule has 0 aliphatic heterocycles. The van der Waals surface area contributed by atoms with Crippen molar-refractivity contribution in [2.24, 2.45) is 0 Å². The fourth-order valence-corrected chi connectivity index (χ4v) is 5.21. The molecule has 3 rings (SSSR count). The molecule has 0 bridgehead atoms. The van der Waals surface area contributed by atoms with Gasteiger partial charge in [0, 0.05) is 11.6 Å². The molecule has 0 unspecified atom stereocenters. The highest BCUT2D eigenvalue weighted by Crippen LogP contribution is 2.29. The van der Waals surface area contributed by atoms with Crippen LogP contribution in [0.25, 0.3) is 0 Å². The highest BCUT2D eigenvalue weighted by Gasteiger charge is 2.29. The average molecular weight is 542 g/mol. The second kappa shape index (κ2) is 12.4. The number of nitrogens with zero attached hydrogens (tertiary/aromatic N) is 2. The summed E-state index contributed by atoms with van der Waals surface area (Å²) in [5.41, 5.74) is 1.24. The number of nitrogens with one attached hydrogen (secondary N) is 1. The van der Waals surface area contributed by atoms with Gasteiger partial charge in [-0.3, -0.25) is 19.2 Å². The Kier molecular flexibility index (Phi) is 9.30. The van der Waals surface area contributed by atoms with E-state index in [9.17, 15) is 23.3 Å². The molecular weight excluding hydrogens is 510 g/mol. The number of hydrogen-bond donors (Lipinski definition) is 1. The van der Waals surface area contributed by atoms with Crippen LogP contribution < -0.4 is 19.1 Å². The largest absolute Gasteiger partial charge is 0.497 e. The van der Waals surface area contributed by atoms with E-state index in [1.165, 1.54) is 38.3 Å². The maximum Gasteiger partial charge on any atom is 0.273 e. The Bertz CT molecular complexity index is 1390. The van der Waals surface area contributed by atoms with Crippen molar-refractivity contribution < 1.29 is 27.6 Å². The van der Waals surface area contributed by atoms with Gasteiger partial charge >= 0.3 is 0 Å². The predicted molar refractivity (Wildman–Crippen MR) is 144 cm³/mol. The maximum absolute atomic E-state index is 13.6. The van der Waals surface area contributed by atoms with Crippen LogP contribution >= 0.6 is 0 Å². The number of hydrogen-bond acceptors (Lipinski definition) is 7. The fraction of sp³-hybridized carbons (Fsp3) is 0.296. The minimum Gasteiger partial charge on any atom is -0.497 e. The topological polar surface area (TPSA) is 128 Å². The van der Waals surface area contributed by atoms with E-state index in [1.54, 1.807) is 12.1 Å². The summed E-state index contributed by atoms with van der Waals surface area (Å²) in [4.78, 5) is 23.3. The number of nitro benzene ring substituents is 1. The number of ether oxygens (including phenoxy) is 2. The number of rotatable bonds is 12. The van der Waals surface area contributed by atoms with Gasteiger partial charge < -0.3 is 14.8 Å². The lowest BCUT2D eigenvalue weighted by atomic mass is 10.0. The second-order valence-electron chi connectivity index (χ2n) is 8.81. The van der Waals surface area contributed by atoms with Crippen molar-refractivity contribution in [3.8, 4) is 11.5 Å². The summed E-state index contributed by atoms with van der Waals surface area (Å²) in [6.45, 7) is 5.43. The number of methoxy groups -OCH3 is 1. The number of sulfonamides is 1. The number of carbonyl (C=O) groups excluding carboxylic acids is 1. The van der Waals surface area contributed by atoms with Gasteiger partial charge in [-0.2, -0.15) is 0 Å². The SMILES string of the molecule is COc1ccc(N(CC(=O)NCCOc2ccccc2C(C)C)S(=O)(=O)c2ccc(C)c([N+](=O)[O-])c2)cc1. The standard InChI is InChI=1S/C27H31N3O7S/c1-19(2)24-7-5-6-8-26(24)37-16-15-28-27(31)18-29(21-10-12-22(36-4)13-11-21)38(34,35)23-14-9-20(3)25(17-23)30(32)33/h5-14,17,19H,15-16,18H2,1-4H3,(H,28,31). The summed E-state index contributed by atoms with van der Waals surface area (Å²) >= 11 is 0. The summed E-state index contributed by atoms with van der Waals surface area (Å²) in [6.07, 6.45) is 0. The molecule has 0 saturated carbocycles. The van der Waals surface area contributed by atoms with E-state index in [0.717, 1.165) is 21.7 Å². The maximum atomic E-state index is 13.6. The smallest absolute Gasteiger partial charge is 0.273 e. The van der Waals surface area contributed by atoms with Gasteiger partial charge in [-0.1, -0.05) is 38.1 Å². The van der Waals surface area contributed by atoms with Gasteiger partial charge in [-0.25, -0.2) is 8.42 Å². The van der Waals surface area contributed by atoms with Gasteiger partial charge in [-0.15, -0.1) is 0 Å². The minimum absolute atomic E-state index is 0.151. The first-order valence-corrected chi connectivity index (χ1v) is 13.4. The molecule has 10 nitrogen and oxygen atoms in total. The van der Waals surface area contributed by atoms with Gasteiger partial charge in [0.05, 0.1) is 29.2 Å². The molecule has 0 aliphatic rings. The molecule has 38 heavy (non-hydrogen) atoms. The van der Waals surface area contributed by atoms with Crippen LogP contribution in [0.5, 0.6) is 11.5 Å². The number of benzene rings is 3. The Balaban J connectivity index is 1.79. The monoisotopic (exact) mass is 541 g/mol. The van der Waals surface area contributed by atoms with Crippen LogP contribution in [-0.2, 0) is 14.8 Å². The molecule has 0 heterocycles. The molecule has 0 aromatic heterocycles. The number of para-hydroxylation sites is 1. The molecule has 3 aromatic rings. The molecule has 0 saturated heterocycles. The summed E-state index contributed by atoms with van der Waals surface area (Å²) in [6, 6.07) is 17.4. The van der Waals surface area contributed by atoms with E-state index in [2.05, 4.69) is 19.2 Å². The Morgan fingerprint density at radius 2 is 1.76 bits per heavy atom. The third-order valence-electron chi connectivity index (χ3n) is 5.84. The molecule has 0 aliphatic carbocycles. The summed E-state index contributed by atoms with van der Waals surface area (Å²) < 4.78 is 39.1. The van der Waals surface area contributed by atoms with E-state index >= 15 is 0 Å². The number of nitro groups is 1. The van der Waals surface area contributed by atoms with Crippen LogP contribution in [0.1, 0.15) is 30.9 Å². The van der Waals surface area contributed by atoms with E-state index < -0.39 is 27.4 Å². The number of anilines is 1. The molecule has 11 heteroatoms. The fourth-order valence-electron chi connectivity index (χ4n) is 3.76. The molecule has 1 amide bonds. The van der Waals surface area contributed by atoms with Crippen molar-refractivity contribution in [2.75, 3.05) is 31.1 Å². The van der Waals surface area contributed by atoms with Crippen molar-refractivity contribution in [1.82, 2.24) is 5.32 Å². The zero-order valence-electron chi connectivity index (χ0n) is 21.7. The molecule has 0 atom stereocenters. The molecule has 0 spiro atoms. The van der Waals surface area contributed by atoms with Crippen LogP contribution in [0.4, 0.5) is 11.4 Å². The van der Waals surface area contributed by atoms with Crippen LogP contribution in [0.15, 0.2) is 71.6 Å². The van der Waals surface area contributed by atoms with Gasteiger partial charge in [0.25, 0.3) is 15.7 Å². The lowest BCUT2D eigenvalue weighted by Gasteiger charge is -2.24. The molecular formula is C27H31N3O7S. The molecule has 0 fully saturated rings. The lowest BCUT2D eigenvalue weighted by molar-refractivity contribution is -0.385. The highest BCUT2D eigenvalue weighted by atomic mass is 32.2. The van der Waals surface area contributed by atoms with Crippen LogP contribution in [0, 0.1) is 17.0 Å². The van der Waals surface area contributed by atoms with Crippen LogP contribution in [0.3, 0.4) is 0 Å². The minimum atomic E-state index is -4.33. The Labute approximate surface area is 222 Å². The molecule has 1 N–H and O–H groups in total. The van der Waals surface area contributed by atoms with E-state index in [1.807, 2.05) is 24.3 Å². The summed E-state index contributed by atoms with van der Waals surface area (Å²) in [5, 5.41) is 14.1. The molecule has 202 valence electrons. The van der Waals surface area contributed by atoms with Crippen molar-refractivity contribution in [3.63, 3.8) is 0 Å². The second-order valence-corrected chi connectivity index (χ2v) is 10.7. The van der Waals surface area contributed by atoms with Gasteiger partial charge in [-0.05, 0) is 54.8 Å². The average Bonchev–Trinajstić information content (AvgIpc) is 2.90. The molecule has 0 radical (unpaired) electrons. The first kappa shape index (κ1) is 28.5. The van der Waals surface area contributed by atoms with Crippen molar-refractivity contribution in [2.45, 2.75) is 31.6 Å². The van der Waals surface area contributed by atoms with Crippen LogP contribution in [0.2, 0.25) is 0 Å². The highest BCUT2D eigenvalue weighted by molar-refractivity contribution is 7.92. The van der Waals surface area contributed by atoms with Crippen molar-refractivity contribution in [3.05, 3.63) is 88.0 Å². The third-order valence-corrected chi connectivity index (χ3v) is 7.61. The normalized spacial score (nSPS) is 11.2. The van der Waals surface area contributed by atoms with Gasteiger partial charge in [0.1, 0.15) is 24.7 Å². The van der Waals surface area contributed by atoms with Crippen molar-refractivity contribution in [1.29, 1.82) is 0 Å². The van der Waals surface area contributed by atoms with Crippen LogP contribution in [-0.4, -0.2) is 46.1 Å². The Morgan fingerprint density at radius 1 is 1.08 bits per heavy atom. The third kappa shape index (κ3) is 6.80. The molecule has 3 aromatic carbocycles. The van der Waals surface area contributed by atoms with Gasteiger partial charge in [0.2, 0.25) is 5.91 Å². The Hall–Kier alpha value is -4.12. The summed E-state index contributed by atoms with van der Waals surface area (Å²) in [7, 11) is -2.86. The quantitative estimate of drug-likeness (QED) is 0.204. The Morgan fingerprint density at radius 3 is 2.39 bits per heavy atom. The van der Waals surface area contributed by atoms with Crippen molar-refractivity contribution >= 4 is 27.3 Å². The zero-order valence-corrected chi connectivity index (χ0v) is 22.5. The zero-order chi connectivity index (χ0) is 27.9. The first-order chi connectivity index (χ1) is 18.0. The van der Waals surface area contributed by atoms with E-state index in [-0.39, 0.29) is 35.3 Å². The van der Waals surface area contributed by atoms with E-state index in [4.69, 9.17) is 9.47 Å². The van der Waals surface area contributed by atoms with E-state index in [0.29, 0.717) is 11.3 Å². The number of aryl methyl sites for hydroxylation is 1.